The van der Waals surface area contributed by atoms with Crippen LogP contribution >= 0.6 is 11.3 Å². The quantitative estimate of drug-likeness (QED) is 0.761. The molecular weight excluding hydrogens is 384 g/mol. The standard InChI is InChI=1S/C23H28N2O3S/c1-23(2)13-17-19(15-6-5-7-16(12-15)21(27)24(3)4)22(25-8-10-28-11-9-25)29-20(17)18(26)14-23/h5-7,12H,8-11,13-14H2,1-4H3. The number of benzene rings is 1. The molecule has 1 saturated heterocycles. The maximum atomic E-state index is 13.0. The summed E-state index contributed by atoms with van der Waals surface area (Å²) in [4.78, 5) is 30.3. The number of morpholine rings is 1. The Balaban J connectivity index is 1.88. The second-order valence-corrected chi connectivity index (χ2v) is 9.91. The molecule has 1 aliphatic carbocycles. The van der Waals surface area contributed by atoms with Gasteiger partial charge in [0.2, 0.25) is 0 Å². The molecule has 0 bridgehead atoms. The summed E-state index contributed by atoms with van der Waals surface area (Å²) in [6, 6.07) is 7.83. The summed E-state index contributed by atoms with van der Waals surface area (Å²) in [5.41, 5.74) is 3.90. The molecule has 0 saturated carbocycles. The normalized spacial score (nSPS) is 18.5. The minimum Gasteiger partial charge on any atom is -0.378 e. The minimum absolute atomic E-state index is 0.0136. The molecule has 1 aromatic heterocycles. The van der Waals surface area contributed by atoms with Crippen molar-refractivity contribution in [2.24, 2.45) is 5.41 Å². The number of Topliss-reactive ketones (excluding diaryl/α,β-unsaturated/α-hetero) is 1. The van der Waals surface area contributed by atoms with E-state index >= 15 is 0 Å². The van der Waals surface area contributed by atoms with Gasteiger partial charge in [-0.1, -0.05) is 26.0 Å². The number of carbonyl (C=O) groups is 2. The van der Waals surface area contributed by atoms with Gasteiger partial charge in [0.05, 0.1) is 23.1 Å². The average Bonchev–Trinajstić information content (AvgIpc) is 3.06. The zero-order chi connectivity index (χ0) is 20.8. The predicted octanol–water partition coefficient (Wildman–Crippen LogP) is 4.11. The van der Waals surface area contributed by atoms with Crippen molar-refractivity contribution in [3.05, 3.63) is 40.3 Å². The van der Waals surface area contributed by atoms with Gasteiger partial charge < -0.3 is 14.5 Å². The van der Waals surface area contributed by atoms with Gasteiger partial charge in [-0.25, -0.2) is 0 Å². The molecule has 0 unspecified atom stereocenters. The largest absolute Gasteiger partial charge is 0.378 e. The van der Waals surface area contributed by atoms with Gasteiger partial charge in [-0.15, -0.1) is 11.3 Å². The third-order valence-corrected chi connectivity index (χ3v) is 6.97. The second kappa shape index (κ2) is 7.58. The van der Waals surface area contributed by atoms with E-state index in [0.717, 1.165) is 46.1 Å². The fourth-order valence-electron chi connectivity index (χ4n) is 4.25. The summed E-state index contributed by atoms with van der Waals surface area (Å²) in [7, 11) is 3.53. The molecule has 0 radical (unpaired) electrons. The fourth-order valence-corrected chi connectivity index (χ4v) is 5.59. The van der Waals surface area contributed by atoms with Crippen LogP contribution in [0.15, 0.2) is 24.3 Å². The number of rotatable bonds is 3. The topological polar surface area (TPSA) is 49.9 Å². The van der Waals surface area contributed by atoms with Crippen molar-refractivity contribution in [1.29, 1.82) is 0 Å². The Hall–Kier alpha value is -2.18. The number of ether oxygens (including phenoxy) is 1. The Labute approximate surface area is 176 Å². The smallest absolute Gasteiger partial charge is 0.253 e. The van der Waals surface area contributed by atoms with Crippen LogP contribution in [0.2, 0.25) is 0 Å². The summed E-state index contributed by atoms with van der Waals surface area (Å²) in [6.45, 7) is 7.35. The van der Waals surface area contributed by atoms with Crippen LogP contribution < -0.4 is 4.90 Å². The number of ketones is 1. The summed E-state index contributed by atoms with van der Waals surface area (Å²) < 4.78 is 5.55. The zero-order valence-corrected chi connectivity index (χ0v) is 18.4. The number of hydrogen-bond donors (Lipinski definition) is 0. The number of anilines is 1. The van der Waals surface area contributed by atoms with Crippen molar-refractivity contribution in [2.45, 2.75) is 26.7 Å². The van der Waals surface area contributed by atoms with Crippen molar-refractivity contribution in [3.63, 3.8) is 0 Å². The van der Waals surface area contributed by atoms with Crippen LogP contribution in [0.4, 0.5) is 5.00 Å². The van der Waals surface area contributed by atoms with Crippen molar-refractivity contribution >= 4 is 28.0 Å². The Morgan fingerprint density at radius 2 is 1.90 bits per heavy atom. The molecule has 1 aromatic carbocycles. The van der Waals surface area contributed by atoms with Crippen LogP contribution in [-0.2, 0) is 11.2 Å². The highest BCUT2D eigenvalue weighted by atomic mass is 32.1. The number of hydrogen-bond acceptors (Lipinski definition) is 5. The molecule has 2 aliphatic rings. The van der Waals surface area contributed by atoms with Crippen LogP contribution in [-0.4, -0.2) is 57.0 Å². The number of amides is 1. The molecule has 0 spiro atoms. The van der Waals surface area contributed by atoms with Crippen LogP contribution in [0.3, 0.4) is 0 Å². The Kier molecular flexibility index (Phi) is 5.25. The van der Waals surface area contributed by atoms with Crippen LogP contribution in [0.5, 0.6) is 0 Å². The highest BCUT2D eigenvalue weighted by molar-refractivity contribution is 7.19. The molecule has 5 nitrogen and oxygen atoms in total. The SMILES string of the molecule is CN(C)C(=O)c1cccc(-c2c(N3CCOCC3)sc3c2CC(C)(C)CC3=O)c1. The van der Waals surface area contributed by atoms with E-state index in [0.29, 0.717) is 25.2 Å². The molecule has 6 heteroatoms. The van der Waals surface area contributed by atoms with Crippen molar-refractivity contribution in [2.75, 3.05) is 45.3 Å². The van der Waals surface area contributed by atoms with E-state index < -0.39 is 0 Å². The maximum absolute atomic E-state index is 13.0. The molecule has 154 valence electrons. The molecule has 2 heterocycles. The average molecular weight is 413 g/mol. The van der Waals surface area contributed by atoms with E-state index in [1.54, 1.807) is 30.3 Å². The molecule has 1 aliphatic heterocycles. The van der Waals surface area contributed by atoms with E-state index in [-0.39, 0.29) is 17.1 Å². The maximum Gasteiger partial charge on any atom is 0.253 e. The Morgan fingerprint density at radius 1 is 1.17 bits per heavy atom. The molecule has 2 aromatic rings. The van der Waals surface area contributed by atoms with Gasteiger partial charge in [-0.05, 0) is 35.1 Å². The molecule has 4 rings (SSSR count). The first-order chi connectivity index (χ1) is 13.8. The van der Waals surface area contributed by atoms with Gasteiger partial charge in [0, 0.05) is 44.7 Å². The van der Waals surface area contributed by atoms with Crippen LogP contribution in [0, 0.1) is 5.41 Å². The predicted molar refractivity (Wildman–Crippen MR) is 117 cm³/mol. The van der Waals surface area contributed by atoms with E-state index in [4.69, 9.17) is 4.74 Å². The zero-order valence-electron chi connectivity index (χ0n) is 17.6. The second-order valence-electron chi connectivity index (χ2n) is 8.91. The summed E-state index contributed by atoms with van der Waals surface area (Å²) >= 11 is 1.62. The molecule has 1 amide bonds. The Morgan fingerprint density at radius 3 is 2.59 bits per heavy atom. The monoisotopic (exact) mass is 412 g/mol. The summed E-state index contributed by atoms with van der Waals surface area (Å²) in [5.74, 6) is 0.225. The first-order valence-electron chi connectivity index (χ1n) is 10.1. The van der Waals surface area contributed by atoms with Crippen molar-refractivity contribution in [3.8, 4) is 11.1 Å². The first kappa shape index (κ1) is 20.1. The molecule has 1 fully saturated rings. The highest BCUT2D eigenvalue weighted by Gasteiger charge is 2.37. The van der Waals surface area contributed by atoms with Crippen LogP contribution in [0.1, 0.15) is 45.9 Å². The third kappa shape index (κ3) is 3.83. The van der Waals surface area contributed by atoms with E-state index in [9.17, 15) is 9.59 Å². The number of fused-ring (bicyclic) bond motifs is 1. The lowest BCUT2D eigenvalue weighted by Gasteiger charge is -2.30. The minimum atomic E-state index is -0.0563. The van der Waals surface area contributed by atoms with Crippen molar-refractivity contribution < 1.29 is 14.3 Å². The van der Waals surface area contributed by atoms with Gasteiger partial charge in [0.15, 0.2) is 5.78 Å². The number of nitrogens with zero attached hydrogens (tertiary/aromatic N) is 2. The van der Waals surface area contributed by atoms with Gasteiger partial charge in [0.25, 0.3) is 5.91 Å². The number of carbonyl (C=O) groups excluding carboxylic acids is 2. The van der Waals surface area contributed by atoms with Gasteiger partial charge in [-0.2, -0.15) is 0 Å². The van der Waals surface area contributed by atoms with Gasteiger partial charge in [0.1, 0.15) is 0 Å². The van der Waals surface area contributed by atoms with Gasteiger partial charge >= 0.3 is 0 Å². The highest BCUT2D eigenvalue weighted by Crippen LogP contribution is 2.49. The molecular formula is C23H28N2O3S. The van der Waals surface area contributed by atoms with Gasteiger partial charge in [-0.3, -0.25) is 9.59 Å². The van der Waals surface area contributed by atoms with E-state index in [2.05, 4.69) is 24.8 Å². The lowest BCUT2D eigenvalue weighted by Crippen LogP contribution is -2.36. The third-order valence-electron chi connectivity index (χ3n) is 5.64. The Bertz CT molecular complexity index is 955. The molecule has 0 atom stereocenters. The van der Waals surface area contributed by atoms with Crippen LogP contribution in [0.25, 0.3) is 11.1 Å². The summed E-state index contributed by atoms with van der Waals surface area (Å²) in [6.07, 6.45) is 1.46. The van der Waals surface area contributed by atoms with E-state index in [1.807, 2.05) is 18.2 Å². The molecule has 0 N–H and O–H groups in total. The molecule has 29 heavy (non-hydrogen) atoms. The fraction of sp³-hybridized carbons (Fsp3) is 0.478. The lowest BCUT2D eigenvalue weighted by atomic mass is 9.75. The van der Waals surface area contributed by atoms with E-state index in [1.165, 1.54) is 0 Å². The first-order valence-corrected chi connectivity index (χ1v) is 10.9. The number of thiophene rings is 1. The summed E-state index contributed by atoms with van der Waals surface area (Å²) in [5, 5.41) is 1.14. The van der Waals surface area contributed by atoms with Crippen molar-refractivity contribution in [1.82, 2.24) is 4.90 Å². The lowest BCUT2D eigenvalue weighted by molar-refractivity contribution is 0.0827.